The van der Waals surface area contributed by atoms with E-state index in [0.29, 0.717) is 19.1 Å². The Morgan fingerprint density at radius 1 is 1.30 bits per heavy atom. The lowest BCUT2D eigenvalue weighted by molar-refractivity contribution is -0.137. The van der Waals surface area contributed by atoms with Gasteiger partial charge >= 0.3 is 0 Å². The van der Waals surface area contributed by atoms with Crippen LogP contribution in [0, 0.1) is 0 Å². The van der Waals surface area contributed by atoms with Crippen molar-refractivity contribution in [3.8, 4) is 0 Å². The molecule has 9 heteroatoms. The number of carbonyl (C=O) groups excluding carboxylic acids is 1. The van der Waals surface area contributed by atoms with Crippen LogP contribution in [-0.2, 0) is 10.2 Å². The summed E-state index contributed by atoms with van der Waals surface area (Å²) >= 11 is 0. The maximum absolute atomic E-state index is 11.7. The SMILES string of the molecule is CC(=O)N1CCCC(O)(CN(C)C2CN(c3ccc4nnc(C(C)(C)C)n4n3)C2)C1. The predicted octanol–water partition coefficient (Wildman–Crippen LogP) is 0.916. The van der Waals surface area contributed by atoms with Crippen molar-refractivity contribution in [2.75, 3.05) is 44.7 Å². The fourth-order valence-electron chi connectivity index (χ4n) is 4.44. The number of nitrogens with zero attached hydrogens (tertiary/aromatic N) is 7. The summed E-state index contributed by atoms with van der Waals surface area (Å²) in [5.41, 5.74) is -0.209. The smallest absolute Gasteiger partial charge is 0.219 e. The van der Waals surface area contributed by atoms with Gasteiger partial charge in [0.05, 0.1) is 12.1 Å². The van der Waals surface area contributed by atoms with Crippen LogP contribution in [0.1, 0.15) is 46.4 Å². The molecule has 2 aliphatic heterocycles. The number of fused-ring (bicyclic) bond motifs is 1. The summed E-state index contributed by atoms with van der Waals surface area (Å²) in [6.45, 7) is 11.3. The van der Waals surface area contributed by atoms with E-state index >= 15 is 0 Å². The second-order valence-electron chi connectivity index (χ2n) is 9.98. The molecule has 2 aromatic heterocycles. The van der Waals surface area contributed by atoms with Gasteiger partial charge in [0.25, 0.3) is 0 Å². The quantitative estimate of drug-likeness (QED) is 0.794. The fraction of sp³-hybridized carbons (Fsp3) is 0.714. The molecule has 4 rings (SSSR count). The van der Waals surface area contributed by atoms with Gasteiger partial charge in [-0.25, -0.2) is 0 Å². The topological polar surface area (TPSA) is 90.1 Å². The summed E-state index contributed by atoms with van der Waals surface area (Å²) in [6, 6.07) is 4.30. The number of anilines is 1. The van der Waals surface area contributed by atoms with Crippen LogP contribution in [0.15, 0.2) is 12.1 Å². The number of likely N-dealkylation sites (tertiary alicyclic amines) is 1. The van der Waals surface area contributed by atoms with Gasteiger partial charge in [0.15, 0.2) is 11.5 Å². The highest BCUT2D eigenvalue weighted by Gasteiger charge is 2.39. The number of hydrogen-bond donors (Lipinski definition) is 1. The minimum absolute atomic E-state index is 0.0377. The van der Waals surface area contributed by atoms with Crippen LogP contribution >= 0.6 is 0 Å². The number of aromatic nitrogens is 4. The van der Waals surface area contributed by atoms with E-state index in [4.69, 9.17) is 5.10 Å². The molecule has 164 valence electrons. The third-order valence-electron chi connectivity index (χ3n) is 6.27. The monoisotopic (exact) mass is 415 g/mol. The van der Waals surface area contributed by atoms with Crippen LogP contribution < -0.4 is 4.90 Å². The fourth-order valence-corrected chi connectivity index (χ4v) is 4.44. The Morgan fingerprint density at radius 2 is 2.03 bits per heavy atom. The number of amides is 1. The van der Waals surface area contributed by atoms with E-state index in [2.05, 4.69) is 47.8 Å². The van der Waals surface area contributed by atoms with Crippen LogP contribution in [0.5, 0.6) is 0 Å². The first-order valence-electron chi connectivity index (χ1n) is 10.7. The standard InChI is InChI=1S/C21H33N7O2/c1-15(29)26-10-6-9-21(30,14-26)13-25(5)16-11-27(12-16)18-8-7-17-22-23-19(20(2,3)4)28(17)24-18/h7-8,16,30H,6,9-14H2,1-5H3. The normalized spacial score (nSPS) is 23.3. The van der Waals surface area contributed by atoms with Crippen LogP contribution in [0.2, 0.25) is 0 Å². The zero-order valence-electron chi connectivity index (χ0n) is 18.7. The lowest BCUT2D eigenvalue weighted by Crippen LogP contribution is -2.63. The zero-order valence-corrected chi connectivity index (χ0v) is 18.7. The molecular formula is C21H33N7O2. The van der Waals surface area contributed by atoms with Gasteiger partial charge in [0.2, 0.25) is 5.91 Å². The molecule has 0 saturated carbocycles. The number of hydrogen-bond acceptors (Lipinski definition) is 7. The molecule has 30 heavy (non-hydrogen) atoms. The summed E-state index contributed by atoms with van der Waals surface area (Å²) < 4.78 is 1.84. The Labute approximate surface area is 177 Å². The second-order valence-corrected chi connectivity index (χ2v) is 9.98. The minimum Gasteiger partial charge on any atom is -0.387 e. The van der Waals surface area contributed by atoms with Gasteiger partial charge in [-0.3, -0.25) is 9.69 Å². The van der Waals surface area contributed by atoms with Crippen molar-refractivity contribution in [3.05, 3.63) is 18.0 Å². The molecule has 2 fully saturated rings. The van der Waals surface area contributed by atoms with Gasteiger partial charge in [-0.05, 0) is 32.0 Å². The number of rotatable bonds is 4. The van der Waals surface area contributed by atoms with E-state index in [1.807, 2.05) is 16.6 Å². The summed E-state index contributed by atoms with van der Waals surface area (Å²) in [7, 11) is 2.06. The predicted molar refractivity (Wildman–Crippen MR) is 115 cm³/mol. The average molecular weight is 416 g/mol. The molecule has 2 saturated heterocycles. The summed E-state index contributed by atoms with van der Waals surface area (Å²) in [6.07, 6.45) is 1.58. The minimum atomic E-state index is -0.833. The van der Waals surface area contributed by atoms with Crippen molar-refractivity contribution in [1.29, 1.82) is 0 Å². The molecule has 1 unspecified atom stereocenters. The number of piperidine rings is 1. The van der Waals surface area contributed by atoms with Crippen molar-refractivity contribution < 1.29 is 9.90 Å². The van der Waals surface area contributed by atoms with Crippen molar-refractivity contribution in [1.82, 2.24) is 29.6 Å². The first-order valence-corrected chi connectivity index (χ1v) is 10.7. The average Bonchev–Trinajstić information content (AvgIpc) is 3.03. The van der Waals surface area contributed by atoms with Gasteiger partial charge in [-0.1, -0.05) is 20.8 Å². The lowest BCUT2D eigenvalue weighted by atomic mass is 9.91. The highest BCUT2D eigenvalue weighted by molar-refractivity contribution is 5.73. The maximum atomic E-state index is 11.7. The molecule has 0 bridgehead atoms. The van der Waals surface area contributed by atoms with Crippen LogP contribution in [-0.4, -0.2) is 92.0 Å². The summed E-state index contributed by atoms with van der Waals surface area (Å²) in [4.78, 5) is 17.9. The van der Waals surface area contributed by atoms with E-state index in [-0.39, 0.29) is 11.3 Å². The lowest BCUT2D eigenvalue weighted by Gasteiger charge is -2.48. The molecule has 2 aliphatic rings. The number of aliphatic hydroxyl groups is 1. The molecule has 4 heterocycles. The van der Waals surface area contributed by atoms with Gasteiger partial charge in [-0.2, -0.15) is 4.52 Å². The molecule has 0 aromatic carbocycles. The second kappa shape index (κ2) is 7.46. The van der Waals surface area contributed by atoms with Crippen LogP contribution in [0.25, 0.3) is 5.65 Å². The van der Waals surface area contributed by atoms with E-state index in [1.54, 1.807) is 11.8 Å². The van der Waals surface area contributed by atoms with Crippen molar-refractivity contribution in [3.63, 3.8) is 0 Å². The number of likely N-dealkylation sites (N-methyl/N-ethyl adjacent to an activating group) is 1. The molecule has 0 radical (unpaired) electrons. The van der Waals surface area contributed by atoms with Crippen molar-refractivity contribution >= 4 is 17.4 Å². The van der Waals surface area contributed by atoms with E-state index in [1.165, 1.54) is 0 Å². The summed E-state index contributed by atoms with van der Waals surface area (Å²) in [5, 5.41) is 24.4. The number of carbonyl (C=O) groups is 1. The molecule has 9 nitrogen and oxygen atoms in total. The van der Waals surface area contributed by atoms with Crippen LogP contribution in [0.4, 0.5) is 5.82 Å². The van der Waals surface area contributed by atoms with Gasteiger partial charge in [0.1, 0.15) is 5.82 Å². The maximum Gasteiger partial charge on any atom is 0.219 e. The van der Waals surface area contributed by atoms with Crippen LogP contribution in [0.3, 0.4) is 0 Å². The Hall–Kier alpha value is -2.26. The largest absolute Gasteiger partial charge is 0.387 e. The first-order chi connectivity index (χ1) is 14.1. The Balaban J connectivity index is 1.39. The molecule has 1 amide bonds. The Kier molecular flexibility index (Phi) is 5.22. The highest BCUT2D eigenvalue weighted by Crippen LogP contribution is 2.27. The third kappa shape index (κ3) is 4.00. The molecule has 0 aliphatic carbocycles. The zero-order chi connectivity index (χ0) is 21.7. The molecule has 1 N–H and O–H groups in total. The number of β-amino-alcohol motifs (C(OH)–C–C–N with tert-alkyl or cyclic N) is 1. The van der Waals surface area contributed by atoms with Gasteiger partial charge in [0, 0.05) is 44.6 Å². The summed E-state index contributed by atoms with van der Waals surface area (Å²) in [5.74, 6) is 1.80. The van der Waals surface area contributed by atoms with E-state index in [9.17, 15) is 9.90 Å². The van der Waals surface area contributed by atoms with Crippen molar-refractivity contribution in [2.45, 2.75) is 57.6 Å². The van der Waals surface area contributed by atoms with E-state index < -0.39 is 5.60 Å². The Bertz CT molecular complexity index is 931. The van der Waals surface area contributed by atoms with Crippen molar-refractivity contribution in [2.24, 2.45) is 0 Å². The Morgan fingerprint density at radius 3 is 2.70 bits per heavy atom. The first kappa shape index (κ1) is 21.0. The van der Waals surface area contributed by atoms with Gasteiger partial charge < -0.3 is 14.9 Å². The van der Waals surface area contributed by atoms with E-state index in [0.717, 1.165) is 49.8 Å². The highest BCUT2D eigenvalue weighted by atomic mass is 16.3. The molecule has 0 spiro atoms. The van der Waals surface area contributed by atoms with Gasteiger partial charge in [-0.15, -0.1) is 15.3 Å². The molecular weight excluding hydrogens is 382 g/mol. The molecule has 2 aromatic rings. The third-order valence-corrected chi connectivity index (χ3v) is 6.27. The molecule has 1 atom stereocenters.